The van der Waals surface area contributed by atoms with Crippen LogP contribution in [0.3, 0.4) is 0 Å². The zero-order valence-electron chi connectivity index (χ0n) is 14.9. The SMILES string of the molecule is O=C(Nc1nc(-c2ccc(Cl)cc2)cs1)c1cccc(CN2C(=O)CSC2=O)c1. The van der Waals surface area contributed by atoms with Crippen molar-refractivity contribution in [1.29, 1.82) is 0 Å². The van der Waals surface area contributed by atoms with Gasteiger partial charge in [0.05, 0.1) is 18.0 Å². The van der Waals surface area contributed by atoms with E-state index in [-0.39, 0.29) is 29.4 Å². The summed E-state index contributed by atoms with van der Waals surface area (Å²) >= 11 is 8.22. The van der Waals surface area contributed by atoms with Crippen LogP contribution in [0.5, 0.6) is 0 Å². The molecule has 2 aromatic carbocycles. The van der Waals surface area contributed by atoms with Crippen LogP contribution < -0.4 is 5.32 Å². The molecule has 2 heterocycles. The summed E-state index contributed by atoms with van der Waals surface area (Å²) in [6.07, 6.45) is 0. The van der Waals surface area contributed by atoms with E-state index in [9.17, 15) is 14.4 Å². The van der Waals surface area contributed by atoms with E-state index in [0.717, 1.165) is 23.0 Å². The number of nitrogens with zero attached hydrogens (tertiary/aromatic N) is 2. The molecular weight excluding hydrogens is 430 g/mol. The van der Waals surface area contributed by atoms with Gasteiger partial charge in [-0.25, -0.2) is 4.98 Å². The summed E-state index contributed by atoms with van der Waals surface area (Å²) in [5.41, 5.74) is 2.80. The lowest BCUT2D eigenvalue weighted by atomic mass is 10.1. The first kappa shape index (κ1) is 19.6. The number of carbonyl (C=O) groups is 3. The van der Waals surface area contributed by atoms with Gasteiger partial charge in [0.25, 0.3) is 11.1 Å². The molecule has 1 aliphatic rings. The number of carbonyl (C=O) groups excluding carboxylic acids is 3. The molecule has 3 amide bonds. The summed E-state index contributed by atoms with van der Waals surface area (Å²) < 4.78 is 0. The van der Waals surface area contributed by atoms with Gasteiger partial charge in [-0.2, -0.15) is 0 Å². The zero-order valence-corrected chi connectivity index (χ0v) is 17.3. The molecule has 0 unspecified atom stereocenters. The number of aromatic nitrogens is 1. The Hall–Kier alpha value is -2.68. The Balaban J connectivity index is 1.46. The summed E-state index contributed by atoms with van der Waals surface area (Å²) in [6.45, 7) is 0.157. The van der Waals surface area contributed by atoms with Crippen molar-refractivity contribution in [2.24, 2.45) is 0 Å². The van der Waals surface area contributed by atoms with Crippen molar-refractivity contribution in [1.82, 2.24) is 9.88 Å². The molecule has 0 radical (unpaired) electrons. The lowest BCUT2D eigenvalue weighted by Crippen LogP contribution is -2.28. The minimum atomic E-state index is -0.308. The van der Waals surface area contributed by atoms with Crippen molar-refractivity contribution >= 4 is 56.9 Å². The number of halogens is 1. The molecule has 9 heteroatoms. The van der Waals surface area contributed by atoms with Crippen LogP contribution in [0.2, 0.25) is 5.02 Å². The number of rotatable bonds is 5. The highest BCUT2D eigenvalue weighted by molar-refractivity contribution is 8.14. The maximum absolute atomic E-state index is 12.6. The highest BCUT2D eigenvalue weighted by atomic mass is 35.5. The molecule has 0 bridgehead atoms. The molecule has 1 fully saturated rings. The topological polar surface area (TPSA) is 79.4 Å². The van der Waals surface area contributed by atoms with Gasteiger partial charge in [-0.15, -0.1) is 11.3 Å². The van der Waals surface area contributed by atoms with Crippen LogP contribution in [0.1, 0.15) is 15.9 Å². The maximum Gasteiger partial charge on any atom is 0.289 e. The summed E-state index contributed by atoms with van der Waals surface area (Å²) in [4.78, 5) is 41.8. The number of nitrogens with one attached hydrogen (secondary N) is 1. The average molecular weight is 444 g/mol. The summed E-state index contributed by atoms with van der Waals surface area (Å²) in [7, 11) is 0. The van der Waals surface area contributed by atoms with Gasteiger partial charge in [0.2, 0.25) is 5.91 Å². The monoisotopic (exact) mass is 443 g/mol. The lowest BCUT2D eigenvalue weighted by molar-refractivity contribution is -0.125. The van der Waals surface area contributed by atoms with Gasteiger partial charge >= 0.3 is 0 Å². The number of amides is 3. The molecule has 1 saturated heterocycles. The average Bonchev–Trinajstić information content (AvgIpc) is 3.31. The maximum atomic E-state index is 12.6. The van der Waals surface area contributed by atoms with Gasteiger partial charge in [0.15, 0.2) is 5.13 Å². The molecule has 0 aliphatic carbocycles. The first-order chi connectivity index (χ1) is 14.0. The molecule has 0 saturated carbocycles. The first-order valence-electron chi connectivity index (χ1n) is 8.58. The second-order valence-electron chi connectivity index (χ2n) is 6.23. The van der Waals surface area contributed by atoms with E-state index in [0.29, 0.717) is 21.3 Å². The molecule has 146 valence electrons. The van der Waals surface area contributed by atoms with Crippen molar-refractivity contribution in [3.8, 4) is 11.3 Å². The van der Waals surface area contributed by atoms with Crippen molar-refractivity contribution < 1.29 is 14.4 Å². The van der Waals surface area contributed by atoms with Crippen molar-refractivity contribution in [3.05, 3.63) is 70.1 Å². The van der Waals surface area contributed by atoms with Gasteiger partial charge in [0, 0.05) is 21.5 Å². The van der Waals surface area contributed by atoms with Gasteiger partial charge in [-0.05, 0) is 29.8 Å². The molecule has 0 spiro atoms. The number of anilines is 1. The fourth-order valence-electron chi connectivity index (χ4n) is 2.78. The van der Waals surface area contributed by atoms with E-state index in [4.69, 9.17) is 11.6 Å². The van der Waals surface area contributed by atoms with E-state index < -0.39 is 0 Å². The fraction of sp³-hybridized carbons (Fsp3) is 0.100. The molecule has 1 aromatic heterocycles. The van der Waals surface area contributed by atoms with E-state index >= 15 is 0 Å². The second-order valence-corrected chi connectivity index (χ2v) is 8.45. The largest absolute Gasteiger partial charge is 0.298 e. The molecule has 1 N–H and O–H groups in total. The normalized spacial score (nSPS) is 13.8. The minimum Gasteiger partial charge on any atom is -0.298 e. The van der Waals surface area contributed by atoms with E-state index in [1.165, 1.54) is 16.2 Å². The molecule has 29 heavy (non-hydrogen) atoms. The number of thioether (sulfide) groups is 1. The second kappa shape index (κ2) is 8.36. The predicted octanol–water partition coefficient (Wildman–Crippen LogP) is 4.91. The smallest absolute Gasteiger partial charge is 0.289 e. The number of thiazole rings is 1. The van der Waals surface area contributed by atoms with Gasteiger partial charge in [-0.3, -0.25) is 24.6 Å². The lowest BCUT2D eigenvalue weighted by Gasteiger charge is -2.13. The summed E-state index contributed by atoms with van der Waals surface area (Å²) in [6, 6.07) is 14.2. The van der Waals surface area contributed by atoms with Crippen LogP contribution in [-0.4, -0.2) is 32.7 Å². The first-order valence-corrected chi connectivity index (χ1v) is 10.8. The molecule has 6 nitrogen and oxygen atoms in total. The third-order valence-corrected chi connectivity index (χ3v) is 6.10. The van der Waals surface area contributed by atoms with E-state index in [1.54, 1.807) is 36.4 Å². The number of imide groups is 1. The Morgan fingerprint density at radius 3 is 2.69 bits per heavy atom. The highest BCUT2D eigenvalue weighted by Crippen LogP contribution is 2.26. The van der Waals surface area contributed by atoms with Crippen molar-refractivity contribution in [3.63, 3.8) is 0 Å². The molecule has 1 aliphatic heterocycles. The summed E-state index contributed by atoms with van der Waals surface area (Å²) in [5, 5.41) is 5.51. The number of benzene rings is 2. The third kappa shape index (κ3) is 4.50. The molecule has 3 aromatic rings. The minimum absolute atomic E-state index is 0.157. The standard InChI is InChI=1S/C20H14ClN3O3S2/c21-15-6-4-13(5-7-15)16-10-28-19(22-16)23-18(26)14-3-1-2-12(8-14)9-24-17(25)11-29-20(24)27/h1-8,10H,9,11H2,(H,22,23,26). The highest BCUT2D eigenvalue weighted by Gasteiger charge is 2.29. The van der Waals surface area contributed by atoms with E-state index in [2.05, 4.69) is 10.3 Å². The van der Waals surface area contributed by atoms with Crippen LogP contribution in [0.4, 0.5) is 9.93 Å². The quantitative estimate of drug-likeness (QED) is 0.606. The molecule has 0 atom stereocenters. The Morgan fingerprint density at radius 2 is 1.97 bits per heavy atom. The van der Waals surface area contributed by atoms with Gasteiger partial charge in [0.1, 0.15) is 0 Å². The van der Waals surface area contributed by atoms with Crippen LogP contribution >= 0.6 is 34.7 Å². The zero-order chi connectivity index (χ0) is 20.4. The van der Waals surface area contributed by atoms with Crippen LogP contribution in [0.25, 0.3) is 11.3 Å². The number of hydrogen-bond acceptors (Lipinski definition) is 6. The van der Waals surface area contributed by atoms with Crippen molar-refractivity contribution in [2.75, 3.05) is 11.1 Å². The predicted molar refractivity (Wildman–Crippen MR) is 115 cm³/mol. The number of hydrogen-bond donors (Lipinski definition) is 1. The van der Waals surface area contributed by atoms with E-state index in [1.807, 2.05) is 17.5 Å². The van der Waals surface area contributed by atoms with Gasteiger partial charge < -0.3 is 0 Å². The fourth-order valence-corrected chi connectivity index (χ4v) is 4.35. The van der Waals surface area contributed by atoms with Crippen LogP contribution in [-0.2, 0) is 11.3 Å². The summed E-state index contributed by atoms with van der Waals surface area (Å²) in [5.74, 6) is -0.358. The van der Waals surface area contributed by atoms with Crippen LogP contribution in [0.15, 0.2) is 53.9 Å². The molecule has 4 rings (SSSR count). The Bertz CT molecular complexity index is 1080. The van der Waals surface area contributed by atoms with Gasteiger partial charge in [-0.1, -0.05) is 47.6 Å². The Labute approximate surface area is 179 Å². The van der Waals surface area contributed by atoms with Crippen LogP contribution in [0, 0.1) is 0 Å². The Morgan fingerprint density at radius 1 is 1.17 bits per heavy atom. The third-order valence-electron chi connectivity index (χ3n) is 4.24. The van der Waals surface area contributed by atoms with Crippen molar-refractivity contribution in [2.45, 2.75) is 6.54 Å². The molecular formula is C20H14ClN3O3S2. The Kier molecular flexibility index (Phi) is 5.66.